The van der Waals surface area contributed by atoms with Gasteiger partial charge in [0.1, 0.15) is 0 Å². The zero-order valence-electron chi connectivity index (χ0n) is 24.2. The highest BCUT2D eigenvalue weighted by Gasteiger charge is 2.21. The minimum atomic E-state index is -3.44. The average Bonchev–Trinajstić information content (AvgIpc) is 2.96. The molecule has 0 atom stereocenters. The van der Waals surface area contributed by atoms with Gasteiger partial charge in [0.05, 0.1) is 23.9 Å². The number of carbonyl (C=O) groups excluding carboxylic acids is 1. The lowest BCUT2D eigenvalue weighted by atomic mass is 10.4. The zero-order chi connectivity index (χ0) is 32.1. The first-order valence-electron chi connectivity index (χ1n) is 13.0. The van der Waals surface area contributed by atoms with Crippen molar-refractivity contribution in [1.29, 1.82) is 0 Å². The number of likely N-dealkylation sites (N-methyl/N-ethyl adjacent to an activating group) is 1. The first-order valence-corrected chi connectivity index (χ1v) is 14.7. The Balaban J connectivity index is 0. The third-order valence-corrected chi connectivity index (χ3v) is 7.48. The number of morpholine rings is 1. The van der Waals surface area contributed by atoms with E-state index in [-0.39, 0.29) is 23.8 Å². The van der Waals surface area contributed by atoms with E-state index in [4.69, 9.17) is 44.3 Å². The molecule has 43 heavy (non-hydrogen) atoms. The number of aliphatic carboxylic acids is 4. The van der Waals surface area contributed by atoms with Gasteiger partial charge in [0.25, 0.3) is 0 Å². The van der Waals surface area contributed by atoms with E-state index in [2.05, 4.69) is 29.0 Å². The molecule has 1 saturated heterocycles. The Morgan fingerprint density at radius 2 is 1.33 bits per heavy atom. The number of nitrogens with zero attached hydrogens (tertiary/aromatic N) is 3. The van der Waals surface area contributed by atoms with E-state index in [9.17, 15) is 13.2 Å². The van der Waals surface area contributed by atoms with Gasteiger partial charge in [0, 0.05) is 45.8 Å². The molecule has 246 valence electrons. The molecule has 0 aromatic heterocycles. The van der Waals surface area contributed by atoms with E-state index in [1.807, 2.05) is 0 Å². The summed E-state index contributed by atoms with van der Waals surface area (Å²) in [5.74, 6) is -7.39. The van der Waals surface area contributed by atoms with Crippen LogP contribution in [0.25, 0.3) is 0 Å². The first-order chi connectivity index (χ1) is 19.7. The lowest BCUT2D eigenvalue weighted by Gasteiger charge is -2.30. The number of carbonyl (C=O) groups is 5. The van der Waals surface area contributed by atoms with Crippen LogP contribution in [0.4, 0.5) is 4.79 Å². The Morgan fingerprint density at radius 1 is 0.837 bits per heavy atom. The van der Waals surface area contributed by atoms with Crippen LogP contribution in [0.15, 0.2) is 35.2 Å². The standard InChI is InChI=1S/C21H36N4O4S.2C2H2O4.H2O/c1-3-23(4-2)11-10-22-21(26)25(13-12-24-14-17-29-18-15-24)16-19-30(27,28)20-8-6-5-7-9-20;2*3-1(4)2(5)6;/h5-9H,3-4,10-19H2,1-2H3,(H,22,26);2*(H,3,4)(H,5,6);1H2. The molecule has 0 aliphatic carbocycles. The maximum atomic E-state index is 12.8. The molecule has 0 radical (unpaired) electrons. The van der Waals surface area contributed by atoms with E-state index in [0.717, 1.165) is 32.7 Å². The second-order valence-electron chi connectivity index (χ2n) is 8.55. The maximum absolute atomic E-state index is 12.8. The highest BCUT2D eigenvalue weighted by Crippen LogP contribution is 2.10. The zero-order valence-corrected chi connectivity index (χ0v) is 25.0. The topological polar surface area (TPSA) is 263 Å². The number of nitrogens with one attached hydrogen (secondary N) is 1. The molecular weight excluding hydrogens is 596 g/mol. The predicted molar refractivity (Wildman–Crippen MR) is 153 cm³/mol. The Bertz CT molecular complexity index is 1050. The lowest BCUT2D eigenvalue weighted by molar-refractivity contribution is -0.159. The van der Waals surface area contributed by atoms with Gasteiger partial charge in [-0.2, -0.15) is 0 Å². The van der Waals surface area contributed by atoms with Crippen LogP contribution in [0.1, 0.15) is 13.8 Å². The molecule has 0 spiro atoms. The molecule has 2 rings (SSSR count). The number of rotatable bonds is 12. The Morgan fingerprint density at radius 3 is 1.77 bits per heavy atom. The monoisotopic (exact) mass is 638 g/mol. The molecule has 0 unspecified atom stereocenters. The number of carboxylic acids is 4. The minimum Gasteiger partial charge on any atom is -0.473 e. The molecule has 1 heterocycles. The van der Waals surface area contributed by atoms with Gasteiger partial charge in [-0.1, -0.05) is 32.0 Å². The quantitative estimate of drug-likeness (QED) is 0.166. The van der Waals surface area contributed by atoms with E-state index in [0.29, 0.717) is 37.7 Å². The summed E-state index contributed by atoms with van der Waals surface area (Å²) in [6.45, 7) is 11.8. The Hall–Kier alpha value is -3.84. The van der Waals surface area contributed by atoms with Gasteiger partial charge in [0.15, 0.2) is 9.84 Å². The number of hydrogen-bond donors (Lipinski definition) is 5. The van der Waals surface area contributed by atoms with Crippen molar-refractivity contribution in [1.82, 2.24) is 20.0 Å². The van der Waals surface area contributed by atoms with Crippen molar-refractivity contribution in [2.75, 3.05) is 77.9 Å². The van der Waals surface area contributed by atoms with Gasteiger partial charge >= 0.3 is 29.9 Å². The van der Waals surface area contributed by atoms with Gasteiger partial charge < -0.3 is 45.8 Å². The smallest absolute Gasteiger partial charge is 0.414 e. The fourth-order valence-electron chi connectivity index (χ4n) is 3.35. The van der Waals surface area contributed by atoms with E-state index < -0.39 is 33.7 Å². The van der Waals surface area contributed by atoms with Crippen molar-refractivity contribution >= 4 is 39.7 Å². The van der Waals surface area contributed by atoms with Gasteiger partial charge in [-0.15, -0.1) is 0 Å². The fourth-order valence-corrected chi connectivity index (χ4v) is 4.62. The van der Waals surface area contributed by atoms with Crippen LogP contribution in [-0.4, -0.2) is 157 Å². The number of sulfone groups is 1. The molecule has 1 fully saturated rings. The highest BCUT2D eigenvalue weighted by molar-refractivity contribution is 7.91. The molecular formula is C25H42N4O13S. The van der Waals surface area contributed by atoms with Crippen LogP contribution >= 0.6 is 0 Å². The maximum Gasteiger partial charge on any atom is 0.414 e. The third-order valence-electron chi connectivity index (χ3n) is 5.77. The highest BCUT2D eigenvalue weighted by atomic mass is 32.2. The van der Waals surface area contributed by atoms with E-state index in [1.54, 1.807) is 35.2 Å². The summed E-state index contributed by atoms with van der Waals surface area (Å²) in [7, 11) is -3.44. The van der Waals surface area contributed by atoms with Crippen LogP contribution < -0.4 is 5.32 Å². The number of ether oxygens (including phenoxy) is 1. The average molecular weight is 639 g/mol. The minimum absolute atomic E-state index is 0. The lowest BCUT2D eigenvalue weighted by Crippen LogP contribution is -2.48. The van der Waals surface area contributed by atoms with Crippen molar-refractivity contribution in [3.63, 3.8) is 0 Å². The molecule has 18 heteroatoms. The van der Waals surface area contributed by atoms with Crippen molar-refractivity contribution in [3.8, 4) is 0 Å². The van der Waals surface area contributed by atoms with Crippen LogP contribution in [0.3, 0.4) is 0 Å². The normalized spacial score (nSPS) is 12.7. The third kappa shape index (κ3) is 19.1. The summed E-state index contributed by atoms with van der Waals surface area (Å²) in [5, 5.41) is 32.5. The molecule has 17 nitrogen and oxygen atoms in total. The van der Waals surface area contributed by atoms with Crippen molar-refractivity contribution in [2.24, 2.45) is 0 Å². The summed E-state index contributed by atoms with van der Waals surface area (Å²) >= 11 is 0. The van der Waals surface area contributed by atoms with Gasteiger partial charge in [-0.3, -0.25) is 4.90 Å². The summed E-state index contributed by atoms with van der Waals surface area (Å²) in [6, 6.07) is 8.19. The summed E-state index contributed by atoms with van der Waals surface area (Å²) in [4.78, 5) is 55.6. The van der Waals surface area contributed by atoms with Crippen LogP contribution in [-0.2, 0) is 33.8 Å². The van der Waals surface area contributed by atoms with Crippen LogP contribution in [0, 0.1) is 0 Å². The van der Waals surface area contributed by atoms with Gasteiger partial charge in [-0.05, 0) is 25.2 Å². The van der Waals surface area contributed by atoms with Crippen molar-refractivity contribution in [3.05, 3.63) is 30.3 Å². The summed E-state index contributed by atoms with van der Waals surface area (Å²) < 4.78 is 30.7. The number of carboxylic acid groups (broad SMARTS) is 4. The number of urea groups is 1. The molecule has 0 saturated carbocycles. The van der Waals surface area contributed by atoms with E-state index >= 15 is 0 Å². The van der Waals surface area contributed by atoms with Gasteiger partial charge in [-0.25, -0.2) is 32.4 Å². The molecule has 1 aromatic carbocycles. The second-order valence-corrected chi connectivity index (χ2v) is 10.7. The number of hydrogen-bond acceptors (Lipinski definition) is 10. The molecule has 0 bridgehead atoms. The van der Waals surface area contributed by atoms with Crippen molar-refractivity contribution in [2.45, 2.75) is 18.7 Å². The molecule has 1 aromatic rings. The predicted octanol–water partition coefficient (Wildman–Crippen LogP) is -1.37. The second kappa shape index (κ2) is 22.7. The molecule has 1 aliphatic rings. The Labute approximate surface area is 249 Å². The SMILES string of the molecule is CCN(CC)CCNC(=O)N(CCN1CCOCC1)CCS(=O)(=O)c1ccccc1.O.O=C(O)C(=O)O.O=C(O)C(=O)O. The molecule has 2 amide bonds. The number of benzene rings is 1. The Kier molecular flexibility index (Phi) is 21.8. The fraction of sp³-hybridized carbons (Fsp3) is 0.560. The van der Waals surface area contributed by atoms with Crippen LogP contribution in [0.5, 0.6) is 0 Å². The molecule has 1 aliphatic heterocycles. The first kappa shape index (κ1) is 41.3. The summed E-state index contributed by atoms with van der Waals surface area (Å²) in [6.07, 6.45) is 0. The summed E-state index contributed by atoms with van der Waals surface area (Å²) in [5.41, 5.74) is 0. The largest absolute Gasteiger partial charge is 0.473 e. The number of amides is 2. The van der Waals surface area contributed by atoms with Crippen molar-refractivity contribution < 1.29 is 63.0 Å². The van der Waals surface area contributed by atoms with Gasteiger partial charge in [0.2, 0.25) is 0 Å². The van der Waals surface area contributed by atoms with E-state index in [1.165, 1.54) is 0 Å². The van der Waals surface area contributed by atoms with Crippen LogP contribution in [0.2, 0.25) is 0 Å². The molecule has 7 N–H and O–H groups in total.